The number of amides is 1. The summed E-state index contributed by atoms with van der Waals surface area (Å²) < 4.78 is 32.7. The van der Waals surface area contributed by atoms with Crippen LogP contribution in [0, 0.1) is 11.6 Å². The van der Waals surface area contributed by atoms with E-state index in [9.17, 15) is 18.7 Å². The van der Waals surface area contributed by atoms with Crippen LogP contribution in [0.4, 0.5) is 13.6 Å². The molecule has 0 aliphatic carbocycles. The normalized spacial score (nSPS) is 21.4. The van der Waals surface area contributed by atoms with E-state index in [0.29, 0.717) is 18.8 Å². The van der Waals surface area contributed by atoms with Gasteiger partial charge in [-0.1, -0.05) is 18.2 Å². The van der Waals surface area contributed by atoms with E-state index < -0.39 is 11.9 Å². The Kier molecular flexibility index (Phi) is 5.84. The average molecular weight is 390 g/mol. The lowest BCUT2D eigenvalue weighted by atomic mass is 9.93. The Morgan fingerprint density at radius 1 is 1.07 bits per heavy atom. The first-order valence-electron chi connectivity index (χ1n) is 9.16. The summed E-state index contributed by atoms with van der Waals surface area (Å²) in [6.07, 6.45) is -0.948. The maximum absolute atomic E-state index is 13.8. The lowest BCUT2D eigenvalue weighted by Crippen LogP contribution is -2.58. The van der Waals surface area contributed by atoms with Crippen LogP contribution >= 0.6 is 0 Å². The highest BCUT2D eigenvalue weighted by Gasteiger charge is 2.37. The van der Waals surface area contributed by atoms with Crippen molar-refractivity contribution in [1.82, 2.24) is 9.80 Å². The van der Waals surface area contributed by atoms with Gasteiger partial charge in [0.25, 0.3) is 0 Å². The van der Waals surface area contributed by atoms with Gasteiger partial charge in [0, 0.05) is 36.8 Å². The molecule has 1 fully saturated rings. The lowest BCUT2D eigenvalue weighted by Gasteiger charge is -2.46. The van der Waals surface area contributed by atoms with Crippen molar-refractivity contribution < 1.29 is 23.4 Å². The molecule has 150 valence electrons. The number of carboxylic acid groups (broad SMARTS) is 1. The minimum Gasteiger partial charge on any atom is -0.496 e. The van der Waals surface area contributed by atoms with E-state index in [1.54, 1.807) is 18.2 Å². The molecule has 3 atom stereocenters. The molecule has 0 bridgehead atoms. The summed E-state index contributed by atoms with van der Waals surface area (Å²) in [5.41, 5.74) is 1.58. The van der Waals surface area contributed by atoms with Crippen molar-refractivity contribution in [3.8, 4) is 5.75 Å². The van der Waals surface area contributed by atoms with Crippen molar-refractivity contribution in [2.45, 2.75) is 32.0 Å². The molecule has 0 radical (unpaired) electrons. The summed E-state index contributed by atoms with van der Waals surface area (Å²) >= 11 is 0. The predicted octanol–water partition coefficient (Wildman–Crippen LogP) is 4.14. The highest BCUT2D eigenvalue weighted by atomic mass is 19.1. The second kappa shape index (κ2) is 8.14. The largest absolute Gasteiger partial charge is 0.496 e. The quantitative estimate of drug-likeness (QED) is 0.853. The fourth-order valence-corrected chi connectivity index (χ4v) is 3.89. The van der Waals surface area contributed by atoms with Crippen molar-refractivity contribution >= 4 is 6.09 Å². The summed E-state index contributed by atoms with van der Waals surface area (Å²) in [4.78, 5) is 15.1. The summed E-state index contributed by atoms with van der Waals surface area (Å²) in [6, 6.07) is 9.89. The molecule has 1 saturated heterocycles. The average Bonchev–Trinajstić information content (AvgIpc) is 2.66. The number of hydrogen-bond acceptors (Lipinski definition) is 3. The summed E-state index contributed by atoms with van der Waals surface area (Å²) in [6.45, 7) is 4.64. The second-order valence-corrected chi connectivity index (χ2v) is 7.17. The number of nitrogens with zero attached hydrogens (tertiary/aromatic N) is 2. The van der Waals surface area contributed by atoms with E-state index in [2.05, 4.69) is 4.90 Å². The first-order chi connectivity index (χ1) is 13.3. The highest BCUT2D eigenvalue weighted by Crippen LogP contribution is 2.38. The van der Waals surface area contributed by atoms with Gasteiger partial charge in [0.1, 0.15) is 17.4 Å². The minimum atomic E-state index is -0.948. The molecule has 2 aromatic carbocycles. The van der Waals surface area contributed by atoms with Crippen LogP contribution in [0.3, 0.4) is 0 Å². The number of carbonyl (C=O) groups is 1. The number of halogens is 2. The van der Waals surface area contributed by atoms with E-state index in [1.165, 1.54) is 36.3 Å². The summed E-state index contributed by atoms with van der Waals surface area (Å²) in [5, 5.41) is 9.43. The molecule has 0 saturated carbocycles. The minimum absolute atomic E-state index is 0.0999. The third-order valence-corrected chi connectivity index (χ3v) is 5.29. The number of rotatable bonds is 4. The van der Waals surface area contributed by atoms with Crippen LogP contribution in [-0.4, -0.2) is 53.3 Å². The monoisotopic (exact) mass is 390 g/mol. The van der Waals surface area contributed by atoms with Crippen LogP contribution in [-0.2, 0) is 0 Å². The van der Waals surface area contributed by atoms with Crippen molar-refractivity contribution in [1.29, 1.82) is 0 Å². The summed E-state index contributed by atoms with van der Waals surface area (Å²) in [5.74, 6) is -0.351. The fraction of sp³-hybridized carbons (Fsp3) is 0.381. The number of methoxy groups -OCH3 is 1. The molecule has 28 heavy (non-hydrogen) atoms. The van der Waals surface area contributed by atoms with Crippen molar-refractivity contribution in [2.75, 3.05) is 20.2 Å². The van der Waals surface area contributed by atoms with Crippen molar-refractivity contribution in [3.63, 3.8) is 0 Å². The van der Waals surface area contributed by atoms with E-state index in [1.807, 2.05) is 13.8 Å². The predicted molar refractivity (Wildman–Crippen MR) is 102 cm³/mol. The van der Waals surface area contributed by atoms with Gasteiger partial charge in [-0.3, -0.25) is 4.90 Å². The highest BCUT2D eigenvalue weighted by molar-refractivity contribution is 5.65. The first-order valence-corrected chi connectivity index (χ1v) is 9.16. The smallest absolute Gasteiger partial charge is 0.407 e. The summed E-state index contributed by atoms with van der Waals surface area (Å²) in [7, 11) is 1.48. The molecule has 0 aromatic heterocycles. The zero-order valence-electron chi connectivity index (χ0n) is 16.1. The Morgan fingerprint density at radius 2 is 1.71 bits per heavy atom. The van der Waals surface area contributed by atoms with Crippen LogP contribution in [0.2, 0.25) is 0 Å². The molecule has 0 spiro atoms. The number of benzene rings is 2. The molecule has 5 nitrogen and oxygen atoms in total. The van der Waals surface area contributed by atoms with E-state index in [-0.39, 0.29) is 23.9 Å². The molecular weight excluding hydrogens is 366 g/mol. The third-order valence-electron chi connectivity index (χ3n) is 5.29. The van der Waals surface area contributed by atoms with Crippen LogP contribution in [0.5, 0.6) is 5.75 Å². The molecule has 3 rings (SSSR count). The SMILES string of the molecule is COc1cc(F)ccc1C(c1ccc(F)cc1)N1C[C@H](C)N(C(=O)O)C[C@H]1C. The maximum Gasteiger partial charge on any atom is 0.407 e. The Hall–Kier alpha value is -2.67. The van der Waals surface area contributed by atoms with Crippen molar-refractivity contribution in [3.05, 3.63) is 65.2 Å². The van der Waals surface area contributed by atoms with Crippen LogP contribution < -0.4 is 4.74 Å². The van der Waals surface area contributed by atoms with Gasteiger partial charge in [0.2, 0.25) is 0 Å². The zero-order valence-corrected chi connectivity index (χ0v) is 16.1. The van der Waals surface area contributed by atoms with E-state index >= 15 is 0 Å². The van der Waals surface area contributed by atoms with Gasteiger partial charge < -0.3 is 14.7 Å². The molecule has 2 aromatic rings. The molecule has 1 heterocycles. The van der Waals surface area contributed by atoms with Gasteiger partial charge >= 0.3 is 6.09 Å². The molecule has 1 amide bonds. The van der Waals surface area contributed by atoms with Gasteiger partial charge in [-0.05, 0) is 37.6 Å². The zero-order chi connectivity index (χ0) is 20.4. The van der Waals surface area contributed by atoms with E-state index in [4.69, 9.17) is 4.74 Å². The Balaban J connectivity index is 2.07. The molecule has 1 aliphatic heterocycles. The van der Waals surface area contributed by atoms with Gasteiger partial charge in [0.05, 0.1) is 13.2 Å². The van der Waals surface area contributed by atoms with Crippen molar-refractivity contribution in [2.24, 2.45) is 0 Å². The van der Waals surface area contributed by atoms with Gasteiger partial charge in [-0.25, -0.2) is 13.6 Å². The number of piperazine rings is 1. The molecule has 1 unspecified atom stereocenters. The topological polar surface area (TPSA) is 53.0 Å². The van der Waals surface area contributed by atoms with Gasteiger partial charge in [-0.15, -0.1) is 0 Å². The second-order valence-electron chi connectivity index (χ2n) is 7.17. The Morgan fingerprint density at radius 3 is 2.32 bits per heavy atom. The number of ether oxygens (including phenoxy) is 1. The molecule has 7 heteroatoms. The first kappa shape index (κ1) is 20.1. The van der Waals surface area contributed by atoms with Crippen LogP contribution in [0.25, 0.3) is 0 Å². The van der Waals surface area contributed by atoms with E-state index in [0.717, 1.165) is 11.1 Å². The third kappa shape index (κ3) is 3.94. The Labute approximate surface area is 163 Å². The maximum atomic E-state index is 13.8. The lowest BCUT2D eigenvalue weighted by molar-refractivity contribution is 0.0275. The molecule has 1 aliphatic rings. The number of hydrogen-bond donors (Lipinski definition) is 1. The van der Waals surface area contributed by atoms with Crippen LogP contribution in [0.1, 0.15) is 31.0 Å². The fourth-order valence-electron chi connectivity index (χ4n) is 3.89. The standard InChI is InChI=1S/C21H24F2N2O3/c1-13-12-25(21(26)27)14(2)11-24(13)20(15-4-6-16(22)7-5-15)18-9-8-17(23)10-19(18)28-3/h4-10,13-14,20H,11-12H2,1-3H3,(H,26,27)/t13-,14+,20?/m1/s1. The van der Waals surface area contributed by atoms with Gasteiger partial charge in [-0.2, -0.15) is 0 Å². The van der Waals surface area contributed by atoms with Gasteiger partial charge in [0.15, 0.2) is 0 Å². The van der Waals surface area contributed by atoms with Crippen LogP contribution in [0.15, 0.2) is 42.5 Å². The molecular formula is C21H24F2N2O3. The Bertz CT molecular complexity index is 844. The molecule has 1 N–H and O–H groups in total.